The van der Waals surface area contributed by atoms with Gasteiger partial charge in [-0.3, -0.25) is 4.90 Å². The van der Waals surface area contributed by atoms with Gasteiger partial charge in [-0.25, -0.2) is 0 Å². The van der Waals surface area contributed by atoms with E-state index in [1.807, 2.05) is 6.07 Å². The molecule has 1 aliphatic heterocycles. The van der Waals surface area contributed by atoms with Crippen molar-refractivity contribution in [1.82, 2.24) is 4.90 Å². The second-order valence-corrected chi connectivity index (χ2v) is 5.36. The third-order valence-electron chi connectivity index (χ3n) is 3.28. The fourth-order valence-corrected chi connectivity index (χ4v) is 2.58. The second kappa shape index (κ2) is 6.47. The molecule has 0 bridgehead atoms. The summed E-state index contributed by atoms with van der Waals surface area (Å²) in [5, 5.41) is 0.134. The first-order valence-electron chi connectivity index (χ1n) is 6.48. The number of hydrogen-bond donors (Lipinski definition) is 2. The molecule has 96 valence electrons. The minimum atomic E-state index is 0.134. The first kappa shape index (κ1) is 13.0. The highest BCUT2D eigenvalue weighted by Crippen LogP contribution is 2.25. The van der Waals surface area contributed by atoms with Crippen LogP contribution >= 0.6 is 12.6 Å². The fraction of sp³-hybridized carbons (Fsp3) is 0.692. The summed E-state index contributed by atoms with van der Waals surface area (Å²) in [4.78, 5) is 2.46. The standard InChI is InChI=1S/C13H22N2OS/c14-7-6-13(17)12-5-4-11(16-12)10-15-8-2-1-3-9-15/h4-5,13,17H,1-3,6-10,14H2. The highest BCUT2D eigenvalue weighted by Gasteiger charge is 2.14. The summed E-state index contributed by atoms with van der Waals surface area (Å²) >= 11 is 4.49. The molecule has 0 radical (unpaired) electrons. The van der Waals surface area contributed by atoms with Crippen molar-refractivity contribution in [2.45, 2.75) is 37.5 Å². The third kappa shape index (κ3) is 3.76. The Morgan fingerprint density at radius 2 is 2.06 bits per heavy atom. The topological polar surface area (TPSA) is 42.4 Å². The Labute approximate surface area is 109 Å². The number of hydrogen-bond acceptors (Lipinski definition) is 4. The van der Waals surface area contributed by atoms with Crippen molar-refractivity contribution in [2.75, 3.05) is 19.6 Å². The Kier molecular flexibility index (Phi) is 4.95. The number of rotatable bonds is 5. The molecule has 1 aliphatic rings. The molecule has 0 saturated carbocycles. The summed E-state index contributed by atoms with van der Waals surface area (Å²) in [6.07, 6.45) is 4.86. The smallest absolute Gasteiger partial charge is 0.118 e. The van der Waals surface area contributed by atoms with E-state index in [1.165, 1.54) is 32.4 Å². The lowest BCUT2D eigenvalue weighted by atomic mass is 10.1. The maximum Gasteiger partial charge on any atom is 0.118 e. The van der Waals surface area contributed by atoms with Gasteiger partial charge in [-0.2, -0.15) is 12.6 Å². The SMILES string of the molecule is NCCC(S)c1ccc(CN2CCCCC2)o1. The van der Waals surface area contributed by atoms with Gasteiger partial charge in [0.05, 0.1) is 11.8 Å². The third-order valence-corrected chi connectivity index (χ3v) is 3.79. The average Bonchev–Trinajstić information content (AvgIpc) is 2.79. The van der Waals surface area contributed by atoms with Crippen molar-refractivity contribution in [3.05, 3.63) is 23.7 Å². The fourth-order valence-electron chi connectivity index (χ4n) is 2.30. The van der Waals surface area contributed by atoms with Crippen LogP contribution in [0.1, 0.15) is 42.5 Å². The van der Waals surface area contributed by atoms with Crippen molar-refractivity contribution >= 4 is 12.6 Å². The highest BCUT2D eigenvalue weighted by molar-refractivity contribution is 7.80. The molecule has 1 atom stereocenters. The van der Waals surface area contributed by atoms with Crippen LogP contribution in [0.2, 0.25) is 0 Å². The Hall–Kier alpha value is -0.450. The molecule has 1 unspecified atom stereocenters. The van der Waals surface area contributed by atoms with E-state index in [0.29, 0.717) is 6.54 Å². The minimum absolute atomic E-state index is 0.134. The summed E-state index contributed by atoms with van der Waals surface area (Å²) < 4.78 is 5.83. The summed E-state index contributed by atoms with van der Waals surface area (Å²) in [5.74, 6) is 2.00. The van der Waals surface area contributed by atoms with E-state index in [2.05, 4.69) is 23.6 Å². The maximum atomic E-state index is 5.83. The van der Waals surface area contributed by atoms with E-state index in [-0.39, 0.29) is 5.25 Å². The lowest BCUT2D eigenvalue weighted by Gasteiger charge is -2.25. The van der Waals surface area contributed by atoms with Crippen molar-refractivity contribution in [3.63, 3.8) is 0 Å². The number of nitrogens with zero attached hydrogens (tertiary/aromatic N) is 1. The highest BCUT2D eigenvalue weighted by atomic mass is 32.1. The molecular formula is C13H22N2OS. The molecule has 1 fully saturated rings. The van der Waals surface area contributed by atoms with Crippen molar-refractivity contribution in [1.29, 1.82) is 0 Å². The molecule has 1 aromatic rings. The van der Waals surface area contributed by atoms with Gasteiger partial charge in [-0.05, 0) is 51.0 Å². The van der Waals surface area contributed by atoms with E-state index in [9.17, 15) is 0 Å². The van der Waals surface area contributed by atoms with Crippen molar-refractivity contribution < 1.29 is 4.42 Å². The van der Waals surface area contributed by atoms with Crippen LogP contribution in [0.5, 0.6) is 0 Å². The number of nitrogens with two attached hydrogens (primary N) is 1. The molecule has 2 rings (SSSR count). The molecule has 0 amide bonds. The van der Waals surface area contributed by atoms with Gasteiger partial charge in [0, 0.05) is 0 Å². The first-order chi connectivity index (χ1) is 8.29. The Morgan fingerprint density at radius 1 is 1.29 bits per heavy atom. The maximum absolute atomic E-state index is 5.83. The van der Waals surface area contributed by atoms with Crippen LogP contribution in [0.3, 0.4) is 0 Å². The first-order valence-corrected chi connectivity index (χ1v) is 7.00. The second-order valence-electron chi connectivity index (χ2n) is 4.73. The molecule has 17 heavy (non-hydrogen) atoms. The lowest BCUT2D eigenvalue weighted by Crippen LogP contribution is -2.28. The van der Waals surface area contributed by atoms with Gasteiger partial charge >= 0.3 is 0 Å². The predicted molar refractivity (Wildman–Crippen MR) is 73.2 cm³/mol. The molecule has 2 heterocycles. The van der Waals surface area contributed by atoms with Gasteiger partial charge in [-0.1, -0.05) is 6.42 Å². The number of piperidine rings is 1. The molecule has 3 nitrogen and oxygen atoms in total. The van der Waals surface area contributed by atoms with Crippen molar-refractivity contribution in [2.24, 2.45) is 5.73 Å². The molecule has 0 aliphatic carbocycles. The van der Waals surface area contributed by atoms with Crippen LogP contribution in [-0.2, 0) is 6.54 Å². The summed E-state index contributed by atoms with van der Waals surface area (Å²) in [5.41, 5.74) is 5.52. The van der Waals surface area contributed by atoms with Crippen LogP contribution < -0.4 is 5.73 Å². The molecule has 0 aromatic carbocycles. The average molecular weight is 254 g/mol. The summed E-state index contributed by atoms with van der Waals surface area (Å²) in [7, 11) is 0. The molecule has 1 aromatic heterocycles. The van der Waals surface area contributed by atoms with Crippen LogP contribution in [0.4, 0.5) is 0 Å². The molecule has 0 spiro atoms. The number of likely N-dealkylation sites (tertiary alicyclic amines) is 1. The normalized spacial score (nSPS) is 19.4. The zero-order valence-electron chi connectivity index (χ0n) is 10.3. The molecule has 2 N–H and O–H groups in total. The Bertz CT molecular complexity index is 334. The van der Waals surface area contributed by atoms with E-state index >= 15 is 0 Å². The summed E-state index contributed by atoms with van der Waals surface area (Å²) in [6, 6.07) is 4.11. The van der Waals surface area contributed by atoms with Crippen LogP contribution in [0.15, 0.2) is 16.5 Å². The van der Waals surface area contributed by atoms with Crippen LogP contribution in [-0.4, -0.2) is 24.5 Å². The van der Waals surface area contributed by atoms with Gasteiger partial charge in [0.15, 0.2) is 0 Å². The quantitative estimate of drug-likeness (QED) is 0.794. The van der Waals surface area contributed by atoms with Gasteiger partial charge in [-0.15, -0.1) is 0 Å². The Balaban J connectivity index is 1.88. The molecule has 4 heteroatoms. The van der Waals surface area contributed by atoms with E-state index in [0.717, 1.165) is 24.5 Å². The van der Waals surface area contributed by atoms with Gasteiger partial charge in [0.1, 0.15) is 11.5 Å². The predicted octanol–water partition coefficient (Wildman–Crippen LogP) is 2.59. The minimum Gasteiger partial charge on any atom is -0.464 e. The molecule has 1 saturated heterocycles. The van der Waals surface area contributed by atoms with Crippen LogP contribution in [0.25, 0.3) is 0 Å². The van der Waals surface area contributed by atoms with Gasteiger partial charge in [0.2, 0.25) is 0 Å². The number of thiol groups is 1. The summed E-state index contributed by atoms with van der Waals surface area (Å²) in [6.45, 7) is 3.98. The largest absolute Gasteiger partial charge is 0.464 e. The zero-order chi connectivity index (χ0) is 12.1. The number of furan rings is 1. The Morgan fingerprint density at radius 3 is 2.76 bits per heavy atom. The van der Waals surface area contributed by atoms with E-state index in [4.69, 9.17) is 10.2 Å². The van der Waals surface area contributed by atoms with Gasteiger partial charge < -0.3 is 10.2 Å². The zero-order valence-corrected chi connectivity index (χ0v) is 11.2. The van der Waals surface area contributed by atoms with E-state index < -0.39 is 0 Å². The molecular weight excluding hydrogens is 232 g/mol. The monoisotopic (exact) mass is 254 g/mol. The lowest BCUT2D eigenvalue weighted by molar-refractivity contribution is 0.203. The van der Waals surface area contributed by atoms with Crippen molar-refractivity contribution in [3.8, 4) is 0 Å². The van der Waals surface area contributed by atoms with Crippen LogP contribution in [0, 0.1) is 0 Å². The van der Waals surface area contributed by atoms with E-state index in [1.54, 1.807) is 0 Å². The van der Waals surface area contributed by atoms with Gasteiger partial charge in [0.25, 0.3) is 0 Å².